The van der Waals surface area contributed by atoms with Crippen LogP contribution in [0.1, 0.15) is 92.1 Å². The Morgan fingerprint density at radius 1 is 1.14 bits per heavy atom. The van der Waals surface area contributed by atoms with Gasteiger partial charge in [-0.15, -0.1) is 0 Å². The lowest BCUT2D eigenvalue weighted by atomic mass is 9.78. The first-order valence-electron chi connectivity index (χ1n) is 13.2. The van der Waals surface area contributed by atoms with Crippen molar-refractivity contribution in [1.29, 1.82) is 0 Å². The molecule has 1 unspecified atom stereocenters. The van der Waals surface area contributed by atoms with Crippen LogP contribution in [0.25, 0.3) is 5.57 Å². The summed E-state index contributed by atoms with van der Waals surface area (Å²) in [5.74, 6) is 0.200. The molecule has 0 aliphatic heterocycles. The van der Waals surface area contributed by atoms with Gasteiger partial charge in [0.15, 0.2) is 0 Å². The molecule has 3 rings (SSSR count). The molecule has 0 spiro atoms. The van der Waals surface area contributed by atoms with E-state index >= 15 is 4.39 Å². The minimum atomic E-state index is -1.13. The lowest BCUT2D eigenvalue weighted by Crippen LogP contribution is -2.28. The number of hydrogen-bond acceptors (Lipinski definition) is 1. The van der Waals surface area contributed by atoms with Crippen LogP contribution in [0, 0.1) is 12.8 Å². The molecule has 1 atom stereocenters. The van der Waals surface area contributed by atoms with Crippen molar-refractivity contribution in [3.63, 3.8) is 0 Å². The third-order valence-corrected chi connectivity index (χ3v) is 6.84. The number of rotatable bonds is 6. The number of halogens is 1. The van der Waals surface area contributed by atoms with Crippen molar-refractivity contribution in [2.75, 3.05) is 0 Å². The average Bonchev–Trinajstić information content (AvgIpc) is 3.08. The van der Waals surface area contributed by atoms with Crippen LogP contribution in [-0.2, 0) is 0 Å². The Hall–Kier alpha value is -2.65. The van der Waals surface area contributed by atoms with Crippen LogP contribution in [0.4, 0.5) is 4.39 Å². The molecule has 3 heteroatoms. The molecule has 2 aliphatic carbocycles. The van der Waals surface area contributed by atoms with Gasteiger partial charge in [-0.1, -0.05) is 101 Å². The summed E-state index contributed by atoms with van der Waals surface area (Å²) < 4.78 is 15.8. The number of aliphatic hydroxyl groups is 1. The molecule has 1 fully saturated rings. The SMILES string of the molecule is C=C1C(c2ccc(C)cc2)=CC(CC2(F)CCCCC2)/C1=C/C(=C\C)C(/C(=C)C)=C(\C)O.CCC.O.[HH]. The number of allylic oxidation sites excluding steroid dienone is 10. The Morgan fingerprint density at radius 2 is 1.69 bits per heavy atom. The second-order valence-electron chi connectivity index (χ2n) is 10.2. The van der Waals surface area contributed by atoms with Crippen LogP contribution in [0.15, 0.2) is 89.3 Å². The highest BCUT2D eigenvalue weighted by molar-refractivity contribution is 5.88. The Bertz CT molecular complexity index is 1030. The van der Waals surface area contributed by atoms with E-state index in [4.69, 9.17) is 0 Å². The van der Waals surface area contributed by atoms with Crippen LogP contribution in [-0.4, -0.2) is 16.3 Å². The Labute approximate surface area is 220 Å². The second kappa shape index (κ2) is 14.2. The molecule has 0 aromatic heterocycles. The minimum Gasteiger partial charge on any atom is -0.512 e. The fourth-order valence-electron chi connectivity index (χ4n) is 5.15. The van der Waals surface area contributed by atoms with Crippen molar-refractivity contribution >= 4 is 5.57 Å². The highest BCUT2D eigenvalue weighted by atomic mass is 19.1. The quantitative estimate of drug-likeness (QED) is 0.309. The normalized spacial score (nSPS) is 21.1. The summed E-state index contributed by atoms with van der Waals surface area (Å²) in [5.41, 5.74) is 6.69. The number of benzene rings is 1. The lowest BCUT2D eigenvalue weighted by Gasteiger charge is -2.32. The zero-order valence-corrected chi connectivity index (χ0v) is 23.3. The summed E-state index contributed by atoms with van der Waals surface area (Å²) >= 11 is 0. The van der Waals surface area contributed by atoms with Crippen molar-refractivity contribution in [3.05, 3.63) is 100 Å². The predicted molar refractivity (Wildman–Crippen MR) is 157 cm³/mol. The Morgan fingerprint density at radius 3 is 2.17 bits per heavy atom. The first-order chi connectivity index (χ1) is 16.6. The van der Waals surface area contributed by atoms with Crippen LogP contribution in [0.3, 0.4) is 0 Å². The van der Waals surface area contributed by atoms with Gasteiger partial charge in [0.1, 0.15) is 5.67 Å². The highest BCUT2D eigenvalue weighted by Crippen LogP contribution is 2.47. The van der Waals surface area contributed by atoms with E-state index in [9.17, 15) is 5.11 Å². The van der Waals surface area contributed by atoms with Crippen molar-refractivity contribution in [2.45, 2.75) is 92.2 Å². The van der Waals surface area contributed by atoms with Crippen molar-refractivity contribution in [1.82, 2.24) is 0 Å². The van der Waals surface area contributed by atoms with Gasteiger partial charge in [0.05, 0.1) is 5.76 Å². The highest BCUT2D eigenvalue weighted by Gasteiger charge is 2.38. The first kappa shape index (κ1) is 31.4. The molecule has 0 radical (unpaired) electrons. The fourth-order valence-corrected chi connectivity index (χ4v) is 5.15. The minimum absolute atomic E-state index is 0. The maximum atomic E-state index is 15.8. The summed E-state index contributed by atoms with van der Waals surface area (Å²) in [6, 6.07) is 8.44. The fraction of sp³-hybridized carbons (Fsp3) is 0.455. The second-order valence-corrected chi connectivity index (χ2v) is 10.2. The number of aryl methyl sites for hydroxylation is 1. The molecule has 2 aliphatic rings. The maximum absolute atomic E-state index is 15.8. The van der Waals surface area contributed by atoms with Gasteiger partial charge in [-0.3, -0.25) is 0 Å². The lowest BCUT2D eigenvalue weighted by molar-refractivity contribution is 0.0882. The maximum Gasteiger partial charge on any atom is 0.112 e. The number of hydrogen-bond donors (Lipinski definition) is 1. The van der Waals surface area contributed by atoms with E-state index in [2.05, 4.69) is 70.3 Å². The van der Waals surface area contributed by atoms with Gasteiger partial charge >= 0.3 is 0 Å². The monoisotopic (exact) mass is 496 g/mol. The zero-order chi connectivity index (χ0) is 26.2. The molecular formula is C33H49FO2. The van der Waals surface area contributed by atoms with E-state index in [0.717, 1.165) is 58.3 Å². The van der Waals surface area contributed by atoms with Gasteiger partial charge in [-0.05, 0) is 80.4 Å². The van der Waals surface area contributed by atoms with Gasteiger partial charge in [-0.2, -0.15) is 0 Å². The molecule has 0 heterocycles. The summed E-state index contributed by atoms with van der Waals surface area (Å²) in [5, 5.41) is 10.3. The molecule has 3 N–H and O–H groups in total. The third-order valence-electron chi connectivity index (χ3n) is 6.84. The van der Waals surface area contributed by atoms with Crippen LogP contribution in [0.5, 0.6) is 0 Å². The Kier molecular flexibility index (Phi) is 12.4. The van der Waals surface area contributed by atoms with Crippen molar-refractivity contribution < 1.29 is 16.4 Å². The smallest absolute Gasteiger partial charge is 0.112 e. The van der Waals surface area contributed by atoms with Crippen LogP contribution in [0.2, 0.25) is 0 Å². The molecule has 1 saturated carbocycles. The van der Waals surface area contributed by atoms with Gasteiger partial charge < -0.3 is 10.6 Å². The van der Waals surface area contributed by atoms with Crippen LogP contribution >= 0.6 is 0 Å². The third kappa shape index (κ3) is 7.93. The summed E-state index contributed by atoms with van der Waals surface area (Å²) in [6.07, 6.45) is 12.3. The van der Waals surface area contributed by atoms with Gasteiger partial charge in [0.2, 0.25) is 0 Å². The average molecular weight is 497 g/mol. The van der Waals surface area contributed by atoms with E-state index in [-0.39, 0.29) is 18.6 Å². The van der Waals surface area contributed by atoms with Gasteiger partial charge in [0, 0.05) is 12.9 Å². The Balaban J connectivity index is 0.00000247. The summed E-state index contributed by atoms with van der Waals surface area (Å²) in [4.78, 5) is 0. The molecule has 1 aromatic carbocycles. The molecular weight excluding hydrogens is 447 g/mol. The molecule has 0 bridgehead atoms. The van der Waals surface area contributed by atoms with E-state index in [1.807, 2.05) is 19.9 Å². The molecule has 1 aromatic rings. The van der Waals surface area contributed by atoms with E-state index in [0.29, 0.717) is 19.3 Å². The van der Waals surface area contributed by atoms with Gasteiger partial charge in [0.25, 0.3) is 0 Å². The van der Waals surface area contributed by atoms with Crippen LogP contribution < -0.4 is 0 Å². The van der Waals surface area contributed by atoms with E-state index in [1.54, 1.807) is 6.92 Å². The van der Waals surface area contributed by atoms with Gasteiger partial charge in [-0.25, -0.2) is 4.39 Å². The molecule has 200 valence electrons. The number of alkyl halides is 1. The predicted octanol–water partition coefficient (Wildman–Crippen LogP) is 9.75. The zero-order valence-electron chi connectivity index (χ0n) is 23.3. The van der Waals surface area contributed by atoms with Crippen molar-refractivity contribution in [2.24, 2.45) is 5.92 Å². The molecule has 2 nitrogen and oxygen atoms in total. The molecule has 36 heavy (non-hydrogen) atoms. The van der Waals surface area contributed by atoms with E-state index < -0.39 is 5.67 Å². The standard InChI is InChI=1S/C30H37FO.C3H8.H2O.H2/c1-7-24(29(20(2)3)23(6)32)17-28-22(5)27(25-13-11-21(4)12-14-25)18-26(28)19-30(31)15-9-8-10-16-30;1-3-2;;/h7,11-14,17-18,26,32H,2,5,8-10,15-16,19H2,1,3-4,6H3;3H2,1-2H3;1H2;1H/b24-7+,28-17+,29-23+;;;. The number of aliphatic hydroxyl groups excluding tert-OH is 1. The topological polar surface area (TPSA) is 51.7 Å². The molecule has 0 saturated heterocycles. The molecule has 0 amide bonds. The van der Waals surface area contributed by atoms with Crippen molar-refractivity contribution in [3.8, 4) is 0 Å². The largest absolute Gasteiger partial charge is 0.512 e. The first-order valence-corrected chi connectivity index (χ1v) is 13.2. The summed E-state index contributed by atoms with van der Waals surface area (Å²) in [7, 11) is 0. The summed E-state index contributed by atoms with van der Waals surface area (Å²) in [6.45, 7) is 20.3. The van der Waals surface area contributed by atoms with E-state index in [1.165, 1.54) is 12.0 Å².